The minimum absolute atomic E-state index is 0.285. The summed E-state index contributed by atoms with van der Waals surface area (Å²) in [4.78, 5) is 14.1. The van der Waals surface area contributed by atoms with Crippen LogP contribution in [-0.4, -0.2) is 30.4 Å². The lowest BCUT2D eigenvalue weighted by Gasteiger charge is -2.26. The topological polar surface area (TPSA) is 46.3 Å². The van der Waals surface area contributed by atoms with Gasteiger partial charge in [-0.05, 0) is 37.6 Å². The van der Waals surface area contributed by atoms with E-state index in [1.165, 1.54) is 25.7 Å². The third-order valence-electron chi connectivity index (χ3n) is 3.87. The van der Waals surface area contributed by atoms with Crippen molar-refractivity contribution in [3.8, 4) is 0 Å². The molecule has 1 saturated carbocycles. The van der Waals surface area contributed by atoms with E-state index in [0.29, 0.717) is 30.8 Å². The van der Waals surface area contributed by atoms with E-state index in [-0.39, 0.29) is 5.91 Å². The largest absolute Gasteiger partial charge is 0.343 e. The Morgan fingerprint density at radius 2 is 1.94 bits per heavy atom. The fraction of sp³-hybridized carbons (Fsp3) is 0.929. The second-order valence-corrected chi connectivity index (χ2v) is 5.88. The van der Waals surface area contributed by atoms with Gasteiger partial charge in [-0.1, -0.05) is 26.7 Å². The maximum atomic E-state index is 12.2. The van der Waals surface area contributed by atoms with Gasteiger partial charge < -0.3 is 10.6 Å². The molecule has 0 spiro atoms. The van der Waals surface area contributed by atoms with Crippen molar-refractivity contribution in [3.63, 3.8) is 0 Å². The van der Waals surface area contributed by atoms with Crippen molar-refractivity contribution in [2.24, 2.45) is 17.6 Å². The molecule has 17 heavy (non-hydrogen) atoms. The molecule has 0 aliphatic heterocycles. The molecule has 2 N–H and O–H groups in total. The predicted octanol–water partition coefficient (Wildman–Crippen LogP) is 2.40. The first-order valence-corrected chi connectivity index (χ1v) is 7.00. The summed E-state index contributed by atoms with van der Waals surface area (Å²) in [5.41, 5.74) is 5.75. The zero-order valence-electron chi connectivity index (χ0n) is 11.6. The molecule has 0 bridgehead atoms. The summed E-state index contributed by atoms with van der Waals surface area (Å²) < 4.78 is 0. The zero-order valence-corrected chi connectivity index (χ0v) is 11.6. The maximum Gasteiger partial charge on any atom is 0.222 e. The molecular formula is C14H28N2O. The fourth-order valence-corrected chi connectivity index (χ4v) is 2.82. The van der Waals surface area contributed by atoms with Crippen LogP contribution in [0.15, 0.2) is 0 Å². The number of carbonyl (C=O) groups is 1. The second kappa shape index (κ2) is 7.00. The SMILES string of the molecule is CC(C)CC(CN)CC(=O)N(C)C1CCCC1. The van der Waals surface area contributed by atoms with E-state index in [0.717, 1.165) is 6.42 Å². The van der Waals surface area contributed by atoms with E-state index in [1.54, 1.807) is 0 Å². The second-order valence-electron chi connectivity index (χ2n) is 5.88. The Morgan fingerprint density at radius 3 is 2.41 bits per heavy atom. The van der Waals surface area contributed by atoms with Gasteiger partial charge in [0.2, 0.25) is 5.91 Å². The third-order valence-corrected chi connectivity index (χ3v) is 3.87. The highest BCUT2D eigenvalue weighted by molar-refractivity contribution is 5.76. The Morgan fingerprint density at radius 1 is 1.35 bits per heavy atom. The molecule has 0 aromatic rings. The van der Waals surface area contributed by atoms with Crippen molar-refractivity contribution in [2.75, 3.05) is 13.6 Å². The lowest BCUT2D eigenvalue weighted by atomic mass is 9.93. The summed E-state index contributed by atoms with van der Waals surface area (Å²) in [7, 11) is 1.96. The van der Waals surface area contributed by atoms with Gasteiger partial charge in [0, 0.05) is 19.5 Å². The first-order chi connectivity index (χ1) is 8.04. The lowest BCUT2D eigenvalue weighted by molar-refractivity contribution is -0.132. The molecule has 1 aliphatic carbocycles. The monoisotopic (exact) mass is 240 g/mol. The molecule has 1 rings (SSSR count). The van der Waals surface area contributed by atoms with Crippen LogP contribution in [0.2, 0.25) is 0 Å². The zero-order chi connectivity index (χ0) is 12.8. The predicted molar refractivity (Wildman–Crippen MR) is 71.6 cm³/mol. The maximum absolute atomic E-state index is 12.2. The molecule has 0 aromatic carbocycles. The molecule has 0 radical (unpaired) electrons. The van der Waals surface area contributed by atoms with Gasteiger partial charge in [0.25, 0.3) is 0 Å². The van der Waals surface area contributed by atoms with Crippen molar-refractivity contribution in [2.45, 2.75) is 58.4 Å². The van der Waals surface area contributed by atoms with E-state index in [1.807, 2.05) is 11.9 Å². The standard InChI is InChI=1S/C14H28N2O/c1-11(2)8-12(10-15)9-14(17)16(3)13-6-4-5-7-13/h11-13H,4-10,15H2,1-3H3. The molecule has 0 aromatic heterocycles. The number of rotatable bonds is 6. The summed E-state index contributed by atoms with van der Waals surface area (Å²) in [6.45, 7) is 5.00. The van der Waals surface area contributed by atoms with Gasteiger partial charge in [-0.15, -0.1) is 0 Å². The van der Waals surface area contributed by atoms with Crippen molar-refractivity contribution in [1.29, 1.82) is 0 Å². The Labute approximate surface area is 106 Å². The molecule has 3 nitrogen and oxygen atoms in total. The van der Waals surface area contributed by atoms with Crippen LogP contribution in [0.25, 0.3) is 0 Å². The van der Waals surface area contributed by atoms with Gasteiger partial charge >= 0.3 is 0 Å². The van der Waals surface area contributed by atoms with Gasteiger partial charge in [-0.25, -0.2) is 0 Å². The lowest BCUT2D eigenvalue weighted by Crippen LogP contribution is -2.37. The Balaban J connectivity index is 2.40. The van der Waals surface area contributed by atoms with Crippen molar-refractivity contribution in [1.82, 2.24) is 4.90 Å². The van der Waals surface area contributed by atoms with Crippen LogP contribution in [-0.2, 0) is 4.79 Å². The summed E-state index contributed by atoms with van der Waals surface area (Å²) in [5, 5.41) is 0. The van der Waals surface area contributed by atoms with Crippen molar-refractivity contribution < 1.29 is 4.79 Å². The summed E-state index contributed by atoms with van der Waals surface area (Å²) in [6.07, 6.45) is 6.59. The summed E-state index contributed by atoms with van der Waals surface area (Å²) in [6, 6.07) is 0.486. The molecule has 1 unspecified atom stereocenters. The van der Waals surface area contributed by atoms with Crippen molar-refractivity contribution in [3.05, 3.63) is 0 Å². The molecule has 0 heterocycles. The number of nitrogens with zero attached hydrogens (tertiary/aromatic N) is 1. The minimum Gasteiger partial charge on any atom is -0.343 e. The highest BCUT2D eigenvalue weighted by Crippen LogP contribution is 2.24. The van der Waals surface area contributed by atoms with E-state index < -0.39 is 0 Å². The van der Waals surface area contributed by atoms with Gasteiger partial charge in [0.1, 0.15) is 0 Å². The average molecular weight is 240 g/mol. The minimum atomic E-state index is 0.285. The first kappa shape index (κ1) is 14.5. The molecule has 1 atom stereocenters. The number of hydrogen-bond donors (Lipinski definition) is 1. The van der Waals surface area contributed by atoms with Crippen LogP contribution in [0.1, 0.15) is 52.4 Å². The van der Waals surface area contributed by atoms with E-state index in [2.05, 4.69) is 13.8 Å². The Bertz CT molecular complexity index is 234. The van der Waals surface area contributed by atoms with Crippen LogP contribution in [0, 0.1) is 11.8 Å². The average Bonchev–Trinajstić information content (AvgIpc) is 2.79. The quantitative estimate of drug-likeness (QED) is 0.775. The molecule has 0 saturated heterocycles. The van der Waals surface area contributed by atoms with Crippen LogP contribution < -0.4 is 5.73 Å². The summed E-state index contributed by atoms with van der Waals surface area (Å²) in [5.74, 6) is 1.26. The highest BCUT2D eigenvalue weighted by atomic mass is 16.2. The van der Waals surface area contributed by atoms with Gasteiger partial charge in [0.05, 0.1) is 0 Å². The molecule has 1 aliphatic rings. The Hall–Kier alpha value is -0.570. The fourth-order valence-electron chi connectivity index (χ4n) is 2.82. The number of hydrogen-bond acceptors (Lipinski definition) is 2. The van der Waals surface area contributed by atoms with Crippen molar-refractivity contribution >= 4 is 5.91 Å². The van der Waals surface area contributed by atoms with Gasteiger partial charge in [-0.3, -0.25) is 4.79 Å². The number of amides is 1. The molecule has 1 amide bonds. The molecule has 1 fully saturated rings. The first-order valence-electron chi connectivity index (χ1n) is 7.00. The Kier molecular flexibility index (Phi) is 5.96. The highest BCUT2D eigenvalue weighted by Gasteiger charge is 2.25. The van der Waals surface area contributed by atoms with Gasteiger partial charge in [0.15, 0.2) is 0 Å². The molecule has 3 heteroatoms. The smallest absolute Gasteiger partial charge is 0.222 e. The van der Waals surface area contributed by atoms with E-state index >= 15 is 0 Å². The van der Waals surface area contributed by atoms with Crippen LogP contribution >= 0.6 is 0 Å². The van der Waals surface area contributed by atoms with Crippen LogP contribution in [0.5, 0.6) is 0 Å². The summed E-state index contributed by atoms with van der Waals surface area (Å²) >= 11 is 0. The van der Waals surface area contributed by atoms with E-state index in [4.69, 9.17) is 5.73 Å². The van der Waals surface area contributed by atoms with E-state index in [9.17, 15) is 4.79 Å². The third kappa shape index (κ3) is 4.66. The molecule has 100 valence electrons. The number of carbonyl (C=O) groups excluding carboxylic acids is 1. The van der Waals surface area contributed by atoms with Crippen LogP contribution in [0.3, 0.4) is 0 Å². The number of nitrogens with two attached hydrogens (primary N) is 1. The van der Waals surface area contributed by atoms with Gasteiger partial charge in [-0.2, -0.15) is 0 Å². The normalized spacial score (nSPS) is 18.6. The molecular weight excluding hydrogens is 212 g/mol. The van der Waals surface area contributed by atoms with Crippen LogP contribution in [0.4, 0.5) is 0 Å².